The van der Waals surface area contributed by atoms with Crippen molar-refractivity contribution in [2.45, 2.75) is 27.2 Å². The highest BCUT2D eigenvalue weighted by molar-refractivity contribution is 5.92. The van der Waals surface area contributed by atoms with Crippen LogP contribution in [-0.4, -0.2) is 22.4 Å². The molecule has 0 aliphatic rings. The quantitative estimate of drug-likeness (QED) is 0.859. The maximum Gasteiger partial charge on any atom is 0.270 e. The highest BCUT2D eigenvalue weighted by atomic mass is 16.1. The van der Waals surface area contributed by atoms with Gasteiger partial charge in [0.2, 0.25) is 5.95 Å². The van der Waals surface area contributed by atoms with Crippen molar-refractivity contribution in [2.24, 2.45) is 5.92 Å². The van der Waals surface area contributed by atoms with E-state index in [1.54, 1.807) is 12.3 Å². The van der Waals surface area contributed by atoms with E-state index in [-0.39, 0.29) is 5.91 Å². The summed E-state index contributed by atoms with van der Waals surface area (Å²) in [5, 5.41) is 6.04. The molecule has 0 saturated heterocycles. The Hall–Kier alpha value is -2.43. The molecule has 5 nitrogen and oxygen atoms in total. The number of carbonyl (C=O) groups is 1. The van der Waals surface area contributed by atoms with E-state index in [1.807, 2.05) is 18.2 Å². The summed E-state index contributed by atoms with van der Waals surface area (Å²) in [6, 6.07) is 9.61. The van der Waals surface area contributed by atoms with Gasteiger partial charge in [0.1, 0.15) is 5.69 Å². The number of nitrogens with one attached hydrogen (secondary N) is 2. The lowest BCUT2D eigenvalue weighted by Gasteiger charge is -2.10. The molecule has 22 heavy (non-hydrogen) atoms. The molecule has 0 spiro atoms. The molecule has 0 aliphatic heterocycles. The third-order valence-corrected chi connectivity index (χ3v) is 3.20. The smallest absolute Gasteiger partial charge is 0.270 e. The van der Waals surface area contributed by atoms with Crippen LogP contribution in [0.2, 0.25) is 0 Å². The molecule has 1 heterocycles. The summed E-state index contributed by atoms with van der Waals surface area (Å²) in [5.74, 6) is 0.654. The van der Waals surface area contributed by atoms with Crippen molar-refractivity contribution < 1.29 is 4.79 Å². The van der Waals surface area contributed by atoms with E-state index < -0.39 is 0 Å². The van der Waals surface area contributed by atoms with Gasteiger partial charge in [-0.1, -0.05) is 39.0 Å². The molecule has 116 valence electrons. The van der Waals surface area contributed by atoms with E-state index in [0.29, 0.717) is 24.1 Å². The zero-order valence-electron chi connectivity index (χ0n) is 13.3. The monoisotopic (exact) mass is 298 g/mol. The van der Waals surface area contributed by atoms with Crippen LogP contribution in [0.25, 0.3) is 0 Å². The third-order valence-electron chi connectivity index (χ3n) is 3.20. The second-order valence-corrected chi connectivity index (χ2v) is 5.51. The minimum absolute atomic E-state index is 0.178. The Bertz CT molecular complexity index is 640. The molecule has 0 unspecified atom stereocenters. The van der Waals surface area contributed by atoms with E-state index in [0.717, 1.165) is 12.1 Å². The van der Waals surface area contributed by atoms with Gasteiger partial charge in [-0.15, -0.1) is 0 Å². The average molecular weight is 298 g/mol. The molecule has 1 aromatic heterocycles. The second-order valence-electron chi connectivity index (χ2n) is 5.51. The first-order valence-electron chi connectivity index (χ1n) is 7.56. The van der Waals surface area contributed by atoms with Crippen molar-refractivity contribution >= 4 is 17.5 Å². The zero-order chi connectivity index (χ0) is 15.9. The number of rotatable bonds is 6. The second kappa shape index (κ2) is 7.54. The van der Waals surface area contributed by atoms with E-state index in [4.69, 9.17) is 0 Å². The summed E-state index contributed by atoms with van der Waals surface area (Å²) < 4.78 is 0. The van der Waals surface area contributed by atoms with E-state index in [1.165, 1.54) is 5.56 Å². The van der Waals surface area contributed by atoms with Crippen molar-refractivity contribution in [3.63, 3.8) is 0 Å². The van der Waals surface area contributed by atoms with Crippen molar-refractivity contribution in [1.82, 2.24) is 15.3 Å². The maximum absolute atomic E-state index is 12.0. The Morgan fingerprint density at radius 3 is 2.73 bits per heavy atom. The number of anilines is 2. The molecule has 5 heteroatoms. The van der Waals surface area contributed by atoms with Gasteiger partial charge in [-0.05, 0) is 30.0 Å². The molecule has 0 radical (unpaired) electrons. The third kappa shape index (κ3) is 4.28. The molecule has 2 N–H and O–H groups in total. The average Bonchev–Trinajstić information content (AvgIpc) is 2.53. The van der Waals surface area contributed by atoms with Gasteiger partial charge >= 0.3 is 0 Å². The first kappa shape index (κ1) is 15.9. The van der Waals surface area contributed by atoms with Crippen LogP contribution >= 0.6 is 0 Å². The van der Waals surface area contributed by atoms with Gasteiger partial charge in [0.25, 0.3) is 5.91 Å². The number of aromatic nitrogens is 2. The fourth-order valence-electron chi connectivity index (χ4n) is 2.00. The highest BCUT2D eigenvalue weighted by Gasteiger charge is 2.10. The molecule has 2 aromatic rings. The molecular weight excluding hydrogens is 276 g/mol. The van der Waals surface area contributed by atoms with Crippen LogP contribution in [0.3, 0.4) is 0 Å². The molecule has 0 atom stereocenters. The number of amides is 1. The molecule has 0 saturated carbocycles. The Balaban J connectivity index is 2.13. The van der Waals surface area contributed by atoms with Crippen LogP contribution in [0.4, 0.5) is 11.6 Å². The predicted octanol–water partition coefficient (Wildman–Crippen LogP) is 3.17. The summed E-state index contributed by atoms with van der Waals surface area (Å²) in [6.45, 7) is 6.82. The van der Waals surface area contributed by atoms with E-state index in [2.05, 4.69) is 47.4 Å². The number of hydrogen-bond donors (Lipinski definition) is 2. The summed E-state index contributed by atoms with van der Waals surface area (Å²) in [7, 11) is 0. The fraction of sp³-hybridized carbons (Fsp3) is 0.353. The topological polar surface area (TPSA) is 66.9 Å². The number of benzene rings is 1. The Labute approximate surface area is 131 Å². The lowest BCUT2D eigenvalue weighted by atomic mass is 10.1. The van der Waals surface area contributed by atoms with Crippen LogP contribution in [0, 0.1) is 5.92 Å². The van der Waals surface area contributed by atoms with Crippen molar-refractivity contribution in [3.8, 4) is 0 Å². The number of carbonyl (C=O) groups excluding carboxylic acids is 1. The normalized spacial score (nSPS) is 10.5. The Morgan fingerprint density at radius 1 is 1.23 bits per heavy atom. The van der Waals surface area contributed by atoms with Gasteiger partial charge in [0, 0.05) is 18.4 Å². The van der Waals surface area contributed by atoms with Gasteiger partial charge in [0.15, 0.2) is 0 Å². The number of para-hydroxylation sites is 1. The van der Waals surface area contributed by atoms with Crippen molar-refractivity contribution in [3.05, 3.63) is 47.8 Å². The number of nitrogens with zero attached hydrogens (tertiary/aromatic N) is 2. The van der Waals surface area contributed by atoms with Gasteiger partial charge in [-0.3, -0.25) is 4.79 Å². The minimum atomic E-state index is -0.178. The zero-order valence-corrected chi connectivity index (χ0v) is 13.3. The van der Waals surface area contributed by atoms with Crippen molar-refractivity contribution in [1.29, 1.82) is 0 Å². The van der Waals surface area contributed by atoms with Gasteiger partial charge in [0.05, 0.1) is 0 Å². The number of hydrogen-bond acceptors (Lipinski definition) is 4. The standard InChI is InChI=1S/C17H22N4O/c1-4-13-7-5-6-8-14(13)20-17-18-10-9-15(21-17)16(22)19-11-12(2)3/h5-10,12H,4,11H2,1-3H3,(H,19,22)(H,18,20,21). The largest absolute Gasteiger partial charge is 0.350 e. The van der Waals surface area contributed by atoms with Crippen LogP contribution in [0.1, 0.15) is 36.8 Å². The molecule has 0 bridgehead atoms. The minimum Gasteiger partial charge on any atom is -0.350 e. The van der Waals surface area contributed by atoms with Crippen LogP contribution in [-0.2, 0) is 6.42 Å². The molecule has 1 amide bonds. The highest BCUT2D eigenvalue weighted by Crippen LogP contribution is 2.18. The molecular formula is C17H22N4O. The summed E-state index contributed by atoms with van der Waals surface area (Å²) >= 11 is 0. The predicted molar refractivity (Wildman–Crippen MR) is 88.3 cm³/mol. The van der Waals surface area contributed by atoms with Crippen molar-refractivity contribution in [2.75, 3.05) is 11.9 Å². The lowest BCUT2D eigenvalue weighted by Crippen LogP contribution is -2.28. The summed E-state index contributed by atoms with van der Waals surface area (Å²) in [4.78, 5) is 20.5. The molecule has 0 fully saturated rings. The summed E-state index contributed by atoms with van der Waals surface area (Å²) in [5.41, 5.74) is 2.51. The lowest BCUT2D eigenvalue weighted by molar-refractivity contribution is 0.0944. The SMILES string of the molecule is CCc1ccccc1Nc1nccc(C(=O)NCC(C)C)n1. The van der Waals surface area contributed by atoms with Crippen LogP contribution < -0.4 is 10.6 Å². The van der Waals surface area contributed by atoms with Gasteiger partial charge < -0.3 is 10.6 Å². The fourth-order valence-corrected chi connectivity index (χ4v) is 2.00. The summed E-state index contributed by atoms with van der Waals surface area (Å²) in [6.07, 6.45) is 2.51. The molecule has 0 aliphatic carbocycles. The van der Waals surface area contributed by atoms with Gasteiger partial charge in [-0.2, -0.15) is 0 Å². The number of aryl methyl sites for hydroxylation is 1. The van der Waals surface area contributed by atoms with E-state index in [9.17, 15) is 4.79 Å². The Morgan fingerprint density at radius 2 is 2.00 bits per heavy atom. The molecule has 2 rings (SSSR count). The van der Waals surface area contributed by atoms with Crippen LogP contribution in [0.5, 0.6) is 0 Å². The Kier molecular flexibility index (Phi) is 5.47. The first-order chi connectivity index (χ1) is 10.6. The van der Waals surface area contributed by atoms with Gasteiger partial charge in [-0.25, -0.2) is 9.97 Å². The molecule has 1 aromatic carbocycles. The first-order valence-corrected chi connectivity index (χ1v) is 7.56. The maximum atomic E-state index is 12.0. The van der Waals surface area contributed by atoms with Crippen LogP contribution in [0.15, 0.2) is 36.5 Å². The van der Waals surface area contributed by atoms with E-state index >= 15 is 0 Å².